The van der Waals surface area contributed by atoms with Crippen LogP contribution >= 0.6 is 0 Å². The molecule has 0 aromatic heterocycles. The van der Waals surface area contributed by atoms with E-state index in [0.717, 1.165) is 36.0 Å². The van der Waals surface area contributed by atoms with Crippen molar-refractivity contribution in [3.8, 4) is 5.75 Å². The Morgan fingerprint density at radius 3 is 2.81 bits per heavy atom. The molecule has 0 unspecified atom stereocenters. The molecule has 0 saturated heterocycles. The monoisotopic (exact) mass is 216 g/mol. The Morgan fingerprint density at radius 1 is 1.31 bits per heavy atom. The summed E-state index contributed by atoms with van der Waals surface area (Å²) >= 11 is 0. The molecule has 1 aliphatic rings. The van der Waals surface area contributed by atoms with E-state index in [2.05, 4.69) is 6.92 Å². The highest BCUT2D eigenvalue weighted by atomic mass is 16.5. The van der Waals surface area contributed by atoms with Gasteiger partial charge in [-0.1, -0.05) is 37.1 Å². The largest absolute Gasteiger partial charge is 0.422 e. The van der Waals surface area contributed by atoms with Gasteiger partial charge < -0.3 is 4.74 Å². The number of hydrogen-bond donors (Lipinski definition) is 0. The zero-order valence-corrected chi connectivity index (χ0v) is 9.75. The van der Waals surface area contributed by atoms with Crippen LogP contribution in [0.4, 0.5) is 0 Å². The van der Waals surface area contributed by atoms with Gasteiger partial charge in [-0.25, -0.2) is 4.79 Å². The topological polar surface area (TPSA) is 26.3 Å². The summed E-state index contributed by atoms with van der Waals surface area (Å²) in [6.07, 6.45) is 3.22. The minimum atomic E-state index is -0.199. The number of rotatable bonds is 3. The van der Waals surface area contributed by atoms with Crippen molar-refractivity contribution in [2.45, 2.75) is 33.1 Å². The van der Waals surface area contributed by atoms with Crippen molar-refractivity contribution in [3.63, 3.8) is 0 Å². The average molecular weight is 216 g/mol. The van der Waals surface area contributed by atoms with E-state index in [4.69, 9.17) is 4.74 Å². The molecule has 0 fully saturated rings. The Balaban J connectivity index is 2.38. The van der Waals surface area contributed by atoms with Crippen molar-refractivity contribution in [2.75, 3.05) is 0 Å². The maximum absolute atomic E-state index is 11.8. The quantitative estimate of drug-likeness (QED) is 0.438. The van der Waals surface area contributed by atoms with Gasteiger partial charge >= 0.3 is 5.97 Å². The van der Waals surface area contributed by atoms with E-state index in [1.54, 1.807) is 0 Å². The summed E-state index contributed by atoms with van der Waals surface area (Å²) in [5.41, 5.74) is 2.85. The number of ether oxygens (including phenoxy) is 1. The van der Waals surface area contributed by atoms with Crippen molar-refractivity contribution in [2.24, 2.45) is 0 Å². The van der Waals surface area contributed by atoms with Crippen LogP contribution in [0.2, 0.25) is 0 Å². The van der Waals surface area contributed by atoms with Gasteiger partial charge in [0.25, 0.3) is 0 Å². The van der Waals surface area contributed by atoms with Crippen LogP contribution < -0.4 is 4.74 Å². The van der Waals surface area contributed by atoms with Crippen LogP contribution in [0.15, 0.2) is 29.8 Å². The zero-order chi connectivity index (χ0) is 11.5. The fraction of sp³-hybridized carbons (Fsp3) is 0.357. The van der Waals surface area contributed by atoms with Gasteiger partial charge in [0, 0.05) is 5.56 Å². The molecule has 2 rings (SSSR count). The number of esters is 1. The molecule has 16 heavy (non-hydrogen) atoms. The minimum Gasteiger partial charge on any atom is -0.422 e. The van der Waals surface area contributed by atoms with Crippen LogP contribution in [0, 0.1) is 0 Å². The number of para-hydroxylation sites is 1. The molecule has 0 amide bonds. The highest BCUT2D eigenvalue weighted by Gasteiger charge is 2.27. The lowest BCUT2D eigenvalue weighted by atomic mass is 9.98. The van der Waals surface area contributed by atoms with Crippen LogP contribution in [0.3, 0.4) is 0 Å². The molecule has 2 heteroatoms. The van der Waals surface area contributed by atoms with E-state index >= 15 is 0 Å². The lowest BCUT2D eigenvalue weighted by molar-refractivity contribution is -0.127. The van der Waals surface area contributed by atoms with Crippen molar-refractivity contribution < 1.29 is 9.53 Å². The first-order chi connectivity index (χ1) is 7.74. The SMILES string of the molecule is CCCC/C(C)=C1/C(=O)Oc2ccccc21. The molecule has 0 aliphatic carbocycles. The van der Waals surface area contributed by atoms with Crippen LogP contribution in [0.25, 0.3) is 5.57 Å². The molecule has 1 aromatic rings. The first-order valence-electron chi connectivity index (χ1n) is 5.75. The molecule has 0 N–H and O–H groups in total. The van der Waals surface area contributed by atoms with Gasteiger partial charge in [-0.2, -0.15) is 0 Å². The molecule has 1 aromatic carbocycles. The number of fused-ring (bicyclic) bond motifs is 1. The van der Waals surface area contributed by atoms with Crippen molar-refractivity contribution in [1.82, 2.24) is 0 Å². The van der Waals surface area contributed by atoms with E-state index in [0.29, 0.717) is 5.75 Å². The Morgan fingerprint density at radius 2 is 2.06 bits per heavy atom. The summed E-state index contributed by atoms with van der Waals surface area (Å²) < 4.78 is 5.22. The Labute approximate surface area is 95.9 Å². The normalized spacial score (nSPS) is 17.0. The predicted octanol–water partition coefficient (Wildman–Crippen LogP) is 3.57. The molecule has 0 bridgehead atoms. The van der Waals surface area contributed by atoms with Crippen LogP contribution in [-0.2, 0) is 4.79 Å². The second-order valence-corrected chi connectivity index (χ2v) is 4.14. The number of hydrogen-bond acceptors (Lipinski definition) is 2. The third-order valence-corrected chi connectivity index (χ3v) is 2.90. The van der Waals surface area contributed by atoms with Crippen molar-refractivity contribution in [1.29, 1.82) is 0 Å². The Kier molecular flexibility index (Phi) is 3.09. The smallest absolute Gasteiger partial charge is 0.344 e. The highest BCUT2D eigenvalue weighted by Crippen LogP contribution is 2.36. The van der Waals surface area contributed by atoms with Gasteiger partial charge in [-0.15, -0.1) is 0 Å². The van der Waals surface area contributed by atoms with Crippen LogP contribution in [0.5, 0.6) is 5.75 Å². The van der Waals surface area contributed by atoms with E-state index in [1.165, 1.54) is 0 Å². The molecule has 0 saturated carbocycles. The van der Waals surface area contributed by atoms with Gasteiger partial charge in [0.1, 0.15) is 5.75 Å². The maximum Gasteiger partial charge on any atom is 0.344 e. The molecule has 1 aliphatic heterocycles. The Bertz CT molecular complexity index is 444. The molecular weight excluding hydrogens is 200 g/mol. The van der Waals surface area contributed by atoms with E-state index in [9.17, 15) is 4.79 Å². The minimum absolute atomic E-state index is 0.199. The molecule has 1 heterocycles. The molecule has 0 spiro atoms. The summed E-state index contributed by atoms with van der Waals surface area (Å²) in [5, 5.41) is 0. The third kappa shape index (κ3) is 1.87. The van der Waals surface area contributed by atoms with Crippen LogP contribution in [-0.4, -0.2) is 5.97 Å². The van der Waals surface area contributed by atoms with Gasteiger partial charge in [0.15, 0.2) is 0 Å². The fourth-order valence-electron chi connectivity index (χ4n) is 1.99. The van der Waals surface area contributed by atoms with E-state index in [1.807, 2.05) is 31.2 Å². The number of carbonyl (C=O) groups is 1. The summed E-state index contributed by atoms with van der Waals surface area (Å²) in [6, 6.07) is 7.61. The standard InChI is InChI=1S/C14H16O2/c1-3-4-7-10(2)13-11-8-5-6-9-12(11)16-14(13)15/h5-6,8-9H,3-4,7H2,1-2H3/b13-10+. The maximum atomic E-state index is 11.8. The van der Waals surface area contributed by atoms with E-state index < -0.39 is 0 Å². The fourth-order valence-corrected chi connectivity index (χ4v) is 1.99. The number of benzene rings is 1. The predicted molar refractivity (Wildman–Crippen MR) is 64.2 cm³/mol. The van der Waals surface area contributed by atoms with Crippen LogP contribution in [0.1, 0.15) is 38.7 Å². The van der Waals surface area contributed by atoms with Gasteiger partial charge in [-0.3, -0.25) is 0 Å². The third-order valence-electron chi connectivity index (χ3n) is 2.90. The van der Waals surface area contributed by atoms with E-state index in [-0.39, 0.29) is 5.97 Å². The summed E-state index contributed by atoms with van der Waals surface area (Å²) in [7, 11) is 0. The van der Waals surface area contributed by atoms with Gasteiger partial charge in [0.05, 0.1) is 5.57 Å². The Hall–Kier alpha value is -1.57. The lowest BCUT2D eigenvalue weighted by Gasteiger charge is -2.03. The molecular formula is C14H16O2. The first-order valence-corrected chi connectivity index (χ1v) is 5.75. The van der Waals surface area contributed by atoms with Crippen molar-refractivity contribution >= 4 is 11.5 Å². The first kappa shape index (κ1) is 10.9. The second kappa shape index (κ2) is 4.52. The van der Waals surface area contributed by atoms with Gasteiger partial charge in [0.2, 0.25) is 0 Å². The number of allylic oxidation sites excluding steroid dienone is 1. The number of carbonyl (C=O) groups excluding carboxylic acids is 1. The lowest BCUT2D eigenvalue weighted by Crippen LogP contribution is -2.02. The summed E-state index contributed by atoms with van der Waals surface area (Å²) in [6.45, 7) is 4.17. The average Bonchev–Trinajstić information content (AvgIpc) is 2.62. The number of unbranched alkanes of at least 4 members (excludes halogenated alkanes) is 1. The molecule has 0 radical (unpaired) electrons. The molecule has 0 atom stereocenters. The molecule has 84 valence electrons. The second-order valence-electron chi connectivity index (χ2n) is 4.14. The van der Waals surface area contributed by atoms with Gasteiger partial charge in [-0.05, 0) is 25.8 Å². The summed E-state index contributed by atoms with van der Waals surface area (Å²) in [4.78, 5) is 11.8. The highest BCUT2D eigenvalue weighted by molar-refractivity contribution is 6.22. The van der Waals surface area contributed by atoms with Crippen molar-refractivity contribution in [3.05, 3.63) is 35.4 Å². The molecule has 2 nitrogen and oxygen atoms in total. The zero-order valence-electron chi connectivity index (χ0n) is 9.75. The summed E-state index contributed by atoms with van der Waals surface area (Å²) in [5.74, 6) is 0.494.